The topological polar surface area (TPSA) is 61.3 Å². The number of ether oxygens (including phenoxy) is 1. The molecule has 0 bridgehead atoms. The van der Waals surface area contributed by atoms with Gasteiger partial charge in [-0.2, -0.15) is 0 Å². The Bertz CT molecular complexity index is 340. The van der Waals surface area contributed by atoms with Gasteiger partial charge in [-0.25, -0.2) is 0 Å². The van der Waals surface area contributed by atoms with Crippen LogP contribution in [0, 0.1) is 0 Å². The van der Waals surface area contributed by atoms with Gasteiger partial charge in [-0.3, -0.25) is 0 Å². The first-order valence-corrected chi connectivity index (χ1v) is 4.59. The molecule has 3 heteroatoms. The fraction of sp³-hybridized carbons (Fsp3) is 0.455. The lowest BCUT2D eigenvalue weighted by Crippen LogP contribution is -2.14. The largest absolute Gasteiger partial charge is 0.496 e. The molecule has 0 aliphatic rings. The molecule has 0 saturated heterocycles. The summed E-state index contributed by atoms with van der Waals surface area (Å²) in [6.45, 7) is 6.33. The quantitative estimate of drug-likeness (QED) is 0.673. The van der Waals surface area contributed by atoms with E-state index in [0.717, 1.165) is 11.3 Å². The second-order valence-corrected chi connectivity index (χ2v) is 4.43. The maximum Gasteiger partial charge on any atom is 0.124 e. The molecular weight excluding hydrogens is 176 g/mol. The van der Waals surface area contributed by atoms with Gasteiger partial charge >= 0.3 is 0 Å². The van der Waals surface area contributed by atoms with Crippen LogP contribution in [0.1, 0.15) is 26.3 Å². The van der Waals surface area contributed by atoms with Gasteiger partial charge in [-0.15, -0.1) is 0 Å². The van der Waals surface area contributed by atoms with E-state index in [1.54, 1.807) is 13.2 Å². The molecule has 0 amide bonds. The van der Waals surface area contributed by atoms with Crippen molar-refractivity contribution in [1.82, 2.24) is 0 Å². The first-order valence-electron chi connectivity index (χ1n) is 4.59. The highest BCUT2D eigenvalue weighted by molar-refractivity contribution is 5.68. The maximum absolute atomic E-state index is 5.76. The second kappa shape index (κ2) is 3.40. The monoisotopic (exact) mass is 194 g/mol. The Balaban J connectivity index is 3.35. The highest BCUT2D eigenvalue weighted by Crippen LogP contribution is 2.35. The van der Waals surface area contributed by atoms with Crippen molar-refractivity contribution >= 4 is 11.4 Å². The third-order valence-corrected chi connectivity index (χ3v) is 2.21. The van der Waals surface area contributed by atoms with Crippen LogP contribution in [0.5, 0.6) is 5.75 Å². The van der Waals surface area contributed by atoms with Crippen molar-refractivity contribution in [2.45, 2.75) is 26.2 Å². The molecule has 78 valence electrons. The fourth-order valence-electron chi connectivity index (χ4n) is 1.37. The van der Waals surface area contributed by atoms with E-state index in [9.17, 15) is 0 Å². The van der Waals surface area contributed by atoms with Crippen molar-refractivity contribution in [3.05, 3.63) is 17.7 Å². The van der Waals surface area contributed by atoms with Gasteiger partial charge in [0.2, 0.25) is 0 Å². The molecule has 0 atom stereocenters. The molecule has 0 unspecified atom stereocenters. The van der Waals surface area contributed by atoms with Crippen molar-refractivity contribution in [3.8, 4) is 5.75 Å². The van der Waals surface area contributed by atoms with Crippen LogP contribution in [0.2, 0.25) is 0 Å². The number of rotatable bonds is 1. The summed E-state index contributed by atoms with van der Waals surface area (Å²) in [7, 11) is 1.64. The molecule has 14 heavy (non-hydrogen) atoms. The molecule has 3 nitrogen and oxygen atoms in total. The van der Waals surface area contributed by atoms with Crippen molar-refractivity contribution in [1.29, 1.82) is 0 Å². The Hall–Kier alpha value is -1.38. The molecule has 0 heterocycles. The minimum Gasteiger partial charge on any atom is -0.496 e. The minimum absolute atomic E-state index is 0.00711. The van der Waals surface area contributed by atoms with Gasteiger partial charge < -0.3 is 16.2 Å². The lowest BCUT2D eigenvalue weighted by molar-refractivity contribution is 0.398. The number of nitrogens with two attached hydrogens (primary N) is 2. The van der Waals surface area contributed by atoms with E-state index < -0.39 is 0 Å². The lowest BCUT2D eigenvalue weighted by atomic mass is 9.86. The van der Waals surface area contributed by atoms with Gasteiger partial charge in [0, 0.05) is 11.6 Å². The van der Waals surface area contributed by atoms with Crippen LogP contribution < -0.4 is 16.2 Å². The predicted molar refractivity (Wildman–Crippen MR) is 60.5 cm³/mol. The van der Waals surface area contributed by atoms with Gasteiger partial charge in [0.05, 0.1) is 18.5 Å². The second-order valence-electron chi connectivity index (χ2n) is 4.43. The van der Waals surface area contributed by atoms with Crippen LogP contribution >= 0.6 is 0 Å². The van der Waals surface area contributed by atoms with Gasteiger partial charge in [0.15, 0.2) is 0 Å². The molecule has 0 saturated carbocycles. The molecule has 0 radical (unpaired) electrons. The highest BCUT2D eigenvalue weighted by Gasteiger charge is 2.19. The zero-order chi connectivity index (χ0) is 10.9. The molecule has 0 aromatic heterocycles. The summed E-state index contributed by atoms with van der Waals surface area (Å²) >= 11 is 0. The van der Waals surface area contributed by atoms with Crippen LogP contribution in [-0.4, -0.2) is 7.11 Å². The minimum atomic E-state index is 0.00711. The Labute approximate surface area is 85.0 Å². The van der Waals surface area contributed by atoms with Crippen molar-refractivity contribution in [2.75, 3.05) is 18.6 Å². The van der Waals surface area contributed by atoms with Crippen LogP contribution in [-0.2, 0) is 5.41 Å². The molecule has 1 aromatic carbocycles. The summed E-state index contributed by atoms with van der Waals surface area (Å²) in [6.07, 6.45) is 0. The average molecular weight is 194 g/mol. The molecule has 4 N–H and O–H groups in total. The smallest absolute Gasteiger partial charge is 0.124 e. The maximum atomic E-state index is 5.76. The SMILES string of the molecule is COc1cc(N)c(N)cc1C(C)(C)C. The van der Waals surface area contributed by atoms with Crippen LogP contribution in [0.15, 0.2) is 12.1 Å². The van der Waals surface area contributed by atoms with Crippen LogP contribution in [0.25, 0.3) is 0 Å². The van der Waals surface area contributed by atoms with Crippen LogP contribution in [0.4, 0.5) is 11.4 Å². The zero-order valence-electron chi connectivity index (χ0n) is 9.22. The van der Waals surface area contributed by atoms with Gasteiger partial charge in [-0.05, 0) is 11.5 Å². The molecular formula is C11H18N2O. The van der Waals surface area contributed by atoms with E-state index in [1.807, 2.05) is 6.07 Å². The Morgan fingerprint density at radius 1 is 1.07 bits per heavy atom. The fourth-order valence-corrected chi connectivity index (χ4v) is 1.37. The lowest BCUT2D eigenvalue weighted by Gasteiger charge is -2.23. The molecule has 1 aromatic rings. The Morgan fingerprint density at radius 3 is 2.00 bits per heavy atom. The van der Waals surface area contributed by atoms with Gasteiger partial charge in [0.25, 0.3) is 0 Å². The first-order chi connectivity index (χ1) is 6.36. The van der Waals surface area contributed by atoms with E-state index in [2.05, 4.69) is 20.8 Å². The summed E-state index contributed by atoms with van der Waals surface area (Å²) in [5.74, 6) is 0.796. The number of hydrogen-bond acceptors (Lipinski definition) is 3. The van der Waals surface area contributed by atoms with Crippen molar-refractivity contribution in [2.24, 2.45) is 0 Å². The summed E-state index contributed by atoms with van der Waals surface area (Å²) in [5, 5.41) is 0. The highest BCUT2D eigenvalue weighted by atomic mass is 16.5. The first kappa shape index (κ1) is 10.7. The average Bonchev–Trinajstić information content (AvgIpc) is 2.07. The molecule has 0 aliphatic heterocycles. The third-order valence-electron chi connectivity index (χ3n) is 2.21. The normalized spacial score (nSPS) is 11.4. The van der Waals surface area contributed by atoms with Crippen LogP contribution in [0.3, 0.4) is 0 Å². The summed E-state index contributed by atoms with van der Waals surface area (Å²) in [5.41, 5.74) is 13.7. The Kier molecular flexibility index (Phi) is 2.60. The summed E-state index contributed by atoms with van der Waals surface area (Å²) < 4.78 is 5.27. The number of methoxy groups -OCH3 is 1. The van der Waals surface area contributed by atoms with Crippen molar-refractivity contribution < 1.29 is 4.74 Å². The van der Waals surface area contributed by atoms with E-state index >= 15 is 0 Å². The van der Waals surface area contributed by atoms with Gasteiger partial charge in [0.1, 0.15) is 5.75 Å². The molecule has 0 fully saturated rings. The van der Waals surface area contributed by atoms with E-state index in [1.165, 1.54) is 0 Å². The zero-order valence-corrected chi connectivity index (χ0v) is 9.22. The van der Waals surface area contributed by atoms with E-state index in [0.29, 0.717) is 11.4 Å². The standard InChI is InChI=1S/C11H18N2O/c1-11(2,3)7-5-8(12)9(13)6-10(7)14-4/h5-6H,12-13H2,1-4H3. The number of nitrogen functional groups attached to an aromatic ring is 2. The summed E-state index contributed by atoms with van der Waals surface area (Å²) in [4.78, 5) is 0. The number of benzene rings is 1. The molecule has 1 rings (SSSR count). The molecule has 0 aliphatic carbocycles. The van der Waals surface area contributed by atoms with E-state index in [-0.39, 0.29) is 5.41 Å². The Morgan fingerprint density at radius 2 is 1.57 bits per heavy atom. The predicted octanol–water partition coefficient (Wildman–Crippen LogP) is 2.16. The summed E-state index contributed by atoms with van der Waals surface area (Å²) in [6, 6.07) is 3.66. The molecule has 0 spiro atoms. The third kappa shape index (κ3) is 1.92. The van der Waals surface area contributed by atoms with E-state index in [4.69, 9.17) is 16.2 Å². The van der Waals surface area contributed by atoms with Gasteiger partial charge in [-0.1, -0.05) is 20.8 Å². The number of anilines is 2. The van der Waals surface area contributed by atoms with Crippen molar-refractivity contribution in [3.63, 3.8) is 0 Å². The number of hydrogen-bond donors (Lipinski definition) is 2.